The van der Waals surface area contributed by atoms with Gasteiger partial charge in [0.25, 0.3) is 0 Å². The van der Waals surface area contributed by atoms with Crippen molar-refractivity contribution in [3.63, 3.8) is 0 Å². The van der Waals surface area contributed by atoms with Crippen LogP contribution in [0.15, 0.2) is 18.2 Å². The van der Waals surface area contributed by atoms with Crippen LogP contribution in [-0.2, 0) is 6.42 Å². The predicted octanol–water partition coefficient (Wildman–Crippen LogP) is 2.24. The highest BCUT2D eigenvalue weighted by Crippen LogP contribution is 2.36. The molecule has 0 unspecified atom stereocenters. The lowest BCUT2D eigenvalue weighted by atomic mass is 10.1. The molecule has 0 bridgehead atoms. The summed E-state index contributed by atoms with van der Waals surface area (Å²) in [7, 11) is 0. The number of hydrogen-bond acceptors (Lipinski definition) is 5. The lowest BCUT2D eigenvalue weighted by Crippen LogP contribution is -2.15. The van der Waals surface area contributed by atoms with E-state index in [1.165, 1.54) is 0 Å². The fourth-order valence-corrected chi connectivity index (χ4v) is 2.32. The highest BCUT2D eigenvalue weighted by Gasteiger charge is 2.15. The molecule has 1 aromatic carbocycles. The van der Waals surface area contributed by atoms with Crippen LogP contribution in [0.2, 0.25) is 0 Å². The van der Waals surface area contributed by atoms with Gasteiger partial charge in [-0.2, -0.15) is 0 Å². The van der Waals surface area contributed by atoms with Gasteiger partial charge in [-0.15, -0.1) is 0 Å². The Balaban J connectivity index is 2.19. The van der Waals surface area contributed by atoms with Crippen LogP contribution >= 0.6 is 0 Å². The SMILES string of the molecule is CCCc1cc(NN)c2cc3c(cc2n1)OCCO3. The van der Waals surface area contributed by atoms with E-state index in [9.17, 15) is 0 Å². The Morgan fingerprint density at radius 2 is 1.95 bits per heavy atom. The summed E-state index contributed by atoms with van der Waals surface area (Å²) in [4.78, 5) is 4.65. The van der Waals surface area contributed by atoms with Gasteiger partial charge in [-0.3, -0.25) is 10.8 Å². The van der Waals surface area contributed by atoms with Crippen LogP contribution in [0.1, 0.15) is 19.0 Å². The number of hydrogen-bond donors (Lipinski definition) is 2. The number of benzene rings is 1. The summed E-state index contributed by atoms with van der Waals surface area (Å²) in [6.07, 6.45) is 1.98. The van der Waals surface area contributed by atoms with Crippen molar-refractivity contribution in [3.05, 3.63) is 23.9 Å². The molecule has 0 fully saturated rings. The van der Waals surface area contributed by atoms with Gasteiger partial charge < -0.3 is 14.9 Å². The molecular formula is C14H17N3O2. The molecule has 0 amide bonds. The number of hydrazine groups is 1. The van der Waals surface area contributed by atoms with Crippen LogP contribution in [-0.4, -0.2) is 18.2 Å². The van der Waals surface area contributed by atoms with E-state index in [2.05, 4.69) is 17.3 Å². The van der Waals surface area contributed by atoms with Gasteiger partial charge in [0.15, 0.2) is 11.5 Å². The van der Waals surface area contributed by atoms with Gasteiger partial charge in [0.2, 0.25) is 0 Å². The molecule has 0 atom stereocenters. The lowest BCUT2D eigenvalue weighted by Gasteiger charge is -2.19. The number of aromatic nitrogens is 1. The van der Waals surface area contributed by atoms with E-state index in [-0.39, 0.29) is 0 Å². The zero-order valence-corrected chi connectivity index (χ0v) is 10.9. The second-order valence-corrected chi connectivity index (χ2v) is 4.57. The zero-order valence-electron chi connectivity index (χ0n) is 10.9. The van der Waals surface area contributed by atoms with Crippen molar-refractivity contribution in [2.24, 2.45) is 5.84 Å². The second-order valence-electron chi connectivity index (χ2n) is 4.57. The van der Waals surface area contributed by atoms with Gasteiger partial charge in [0.1, 0.15) is 13.2 Å². The van der Waals surface area contributed by atoms with Crippen molar-refractivity contribution in [3.8, 4) is 11.5 Å². The minimum Gasteiger partial charge on any atom is -0.486 e. The molecule has 0 spiro atoms. The molecule has 1 aromatic heterocycles. The fraction of sp³-hybridized carbons (Fsp3) is 0.357. The number of ether oxygens (including phenoxy) is 2. The standard InChI is InChI=1S/C14H17N3O2/c1-2-3-9-6-12(17-15)10-7-13-14(8-11(10)16-9)19-5-4-18-13/h6-8H,2-5,15H2,1H3,(H,16,17). The van der Waals surface area contributed by atoms with Crippen LogP contribution < -0.4 is 20.7 Å². The molecule has 3 rings (SSSR count). The average Bonchev–Trinajstić information content (AvgIpc) is 2.44. The van der Waals surface area contributed by atoms with E-state index in [1.807, 2.05) is 18.2 Å². The third-order valence-electron chi connectivity index (χ3n) is 3.19. The third kappa shape index (κ3) is 2.17. The number of rotatable bonds is 3. The lowest BCUT2D eigenvalue weighted by molar-refractivity contribution is 0.172. The molecular weight excluding hydrogens is 242 g/mol. The first kappa shape index (κ1) is 12.0. The number of nitrogens with two attached hydrogens (primary N) is 1. The molecule has 5 heteroatoms. The van der Waals surface area contributed by atoms with Crippen LogP contribution in [0.5, 0.6) is 11.5 Å². The van der Waals surface area contributed by atoms with E-state index in [1.54, 1.807) is 0 Å². The maximum Gasteiger partial charge on any atom is 0.163 e. The van der Waals surface area contributed by atoms with Crippen LogP contribution in [0.25, 0.3) is 10.9 Å². The molecule has 1 aliphatic heterocycles. The summed E-state index contributed by atoms with van der Waals surface area (Å²) in [6, 6.07) is 5.84. The minimum absolute atomic E-state index is 0.575. The summed E-state index contributed by atoms with van der Waals surface area (Å²) >= 11 is 0. The van der Waals surface area contributed by atoms with Crippen LogP contribution in [0.3, 0.4) is 0 Å². The Morgan fingerprint density at radius 1 is 1.21 bits per heavy atom. The summed E-state index contributed by atoms with van der Waals surface area (Å²) in [6.45, 7) is 3.28. The Morgan fingerprint density at radius 3 is 2.63 bits per heavy atom. The Kier molecular flexibility index (Phi) is 3.13. The van der Waals surface area contributed by atoms with E-state index in [0.717, 1.165) is 46.6 Å². The highest BCUT2D eigenvalue weighted by molar-refractivity contribution is 5.93. The summed E-state index contributed by atoms with van der Waals surface area (Å²) in [5.74, 6) is 7.11. The number of nitrogen functional groups attached to an aromatic ring is 1. The number of anilines is 1. The van der Waals surface area contributed by atoms with Gasteiger partial charge >= 0.3 is 0 Å². The number of nitrogens with zero attached hydrogens (tertiary/aromatic N) is 1. The smallest absolute Gasteiger partial charge is 0.163 e. The van der Waals surface area contributed by atoms with Crippen molar-refractivity contribution in [2.45, 2.75) is 19.8 Å². The first-order valence-corrected chi connectivity index (χ1v) is 6.51. The van der Waals surface area contributed by atoms with E-state index < -0.39 is 0 Å². The number of pyridine rings is 1. The van der Waals surface area contributed by atoms with E-state index in [4.69, 9.17) is 15.3 Å². The minimum atomic E-state index is 0.575. The Hall–Kier alpha value is -2.01. The van der Waals surface area contributed by atoms with E-state index >= 15 is 0 Å². The van der Waals surface area contributed by atoms with E-state index in [0.29, 0.717) is 13.2 Å². The van der Waals surface area contributed by atoms with Crippen molar-refractivity contribution in [1.29, 1.82) is 0 Å². The fourth-order valence-electron chi connectivity index (χ4n) is 2.32. The molecule has 0 saturated carbocycles. The van der Waals surface area contributed by atoms with Crippen LogP contribution in [0, 0.1) is 0 Å². The molecule has 0 saturated heterocycles. The van der Waals surface area contributed by atoms with Gasteiger partial charge in [-0.1, -0.05) is 13.3 Å². The summed E-state index contributed by atoms with van der Waals surface area (Å²) in [5, 5.41) is 0.951. The summed E-state index contributed by atoms with van der Waals surface area (Å²) in [5.41, 5.74) is 5.51. The molecule has 19 heavy (non-hydrogen) atoms. The maximum absolute atomic E-state index is 5.61. The van der Waals surface area contributed by atoms with Crippen molar-refractivity contribution >= 4 is 16.6 Å². The van der Waals surface area contributed by atoms with Crippen molar-refractivity contribution in [2.75, 3.05) is 18.6 Å². The average molecular weight is 259 g/mol. The van der Waals surface area contributed by atoms with Gasteiger partial charge in [-0.25, -0.2) is 0 Å². The quantitative estimate of drug-likeness (QED) is 0.653. The zero-order chi connectivity index (χ0) is 13.2. The number of nitrogens with one attached hydrogen (secondary N) is 1. The number of fused-ring (bicyclic) bond motifs is 2. The van der Waals surface area contributed by atoms with Gasteiger partial charge in [0, 0.05) is 17.1 Å². The molecule has 100 valence electrons. The largest absolute Gasteiger partial charge is 0.486 e. The maximum atomic E-state index is 5.61. The van der Waals surface area contributed by atoms with Gasteiger partial charge in [-0.05, 0) is 18.6 Å². The van der Waals surface area contributed by atoms with Gasteiger partial charge in [0.05, 0.1) is 11.2 Å². The molecule has 0 aliphatic carbocycles. The second kappa shape index (κ2) is 4.93. The highest BCUT2D eigenvalue weighted by atomic mass is 16.6. The summed E-state index contributed by atoms with van der Waals surface area (Å²) < 4.78 is 11.2. The number of aryl methyl sites for hydroxylation is 1. The Bertz CT molecular complexity index is 613. The topological polar surface area (TPSA) is 69.4 Å². The van der Waals surface area contributed by atoms with Crippen molar-refractivity contribution in [1.82, 2.24) is 4.98 Å². The molecule has 5 nitrogen and oxygen atoms in total. The predicted molar refractivity (Wildman–Crippen MR) is 74.5 cm³/mol. The monoisotopic (exact) mass is 259 g/mol. The molecule has 2 heterocycles. The van der Waals surface area contributed by atoms with Crippen molar-refractivity contribution < 1.29 is 9.47 Å². The Labute approximate surface area is 111 Å². The first-order valence-electron chi connectivity index (χ1n) is 6.51. The molecule has 0 radical (unpaired) electrons. The normalized spacial score (nSPS) is 13.6. The molecule has 3 N–H and O–H groups in total. The molecule has 1 aliphatic rings. The van der Waals surface area contributed by atoms with Crippen LogP contribution in [0.4, 0.5) is 5.69 Å². The third-order valence-corrected chi connectivity index (χ3v) is 3.19. The first-order chi connectivity index (χ1) is 9.31. The molecule has 2 aromatic rings.